The first-order valence-electron chi connectivity index (χ1n) is 15.8. The van der Waals surface area contributed by atoms with Crippen molar-refractivity contribution in [2.45, 2.75) is 71.1 Å². The molecule has 0 saturated carbocycles. The van der Waals surface area contributed by atoms with Crippen molar-refractivity contribution in [2.24, 2.45) is 5.41 Å². The first-order chi connectivity index (χ1) is 20.6. The van der Waals surface area contributed by atoms with Crippen molar-refractivity contribution in [3.05, 3.63) is 173 Å². The Kier molecular flexibility index (Phi) is 10.1. The van der Waals surface area contributed by atoms with E-state index in [1.54, 1.807) is 0 Å². The van der Waals surface area contributed by atoms with Crippen molar-refractivity contribution >= 4 is 5.57 Å². The summed E-state index contributed by atoms with van der Waals surface area (Å²) in [5.41, 5.74) is 11.3. The van der Waals surface area contributed by atoms with Gasteiger partial charge in [-0.3, -0.25) is 0 Å². The molecule has 1 aromatic carbocycles. The highest BCUT2D eigenvalue weighted by Gasteiger charge is 2.37. The lowest BCUT2D eigenvalue weighted by Gasteiger charge is -2.36. The summed E-state index contributed by atoms with van der Waals surface area (Å²) in [6.07, 6.45) is 49.5. The average molecular weight is 551 g/mol. The van der Waals surface area contributed by atoms with E-state index in [-0.39, 0.29) is 5.41 Å². The van der Waals surface area contributed by atoms with Gasteiger partial charge in [0.05, 0.1) is 0 Å². The Bertz CT molecular complexity index is 1480. The molecule has 0 heteroatoms. The normalized spacial score (nSPS) is 24.4. The molecule has 0 aliphatic heterocycles. The number of hydrogen-bond donors (Lipinski definition) is 0. The van der Waals surface area contributed by atoms with E-state index in [1.807, 2.05) is 6.08 Å². The van der Waals surface area contributed by atoms with Gasteiger partial charge < -0.3 is 0 Å². The summed E-state index contributed by atoms with van der Waals surface area (Å²) < 4.78 is 0. The molecule has 0 N–H and O–H groups in total. The molecule has 42 heavy (non-hydrogen) atoms. The highest BCUT2D eigenvalue weighted by atomic mass is 14.4. The number of benzene rings is 1. The predicted octanol–water partition coefficient (Wildman–Crippen LogP) is 11.7. The molecule has 1 atom stereocenters. The van der Waals surface area contributed by atoms with Crippen LogP contribution in [0.25, 0.3) is 5.57 Å². The highest BCUT2D eigenvalue weighted by molar-refractivity contribution is 5.68. The van der Waals surface area contributed by atoms with Crippen LogP contribution >= 0.6 is 0 Å². The summed E-state index contributed by atoms with van der Waals surface area (Å²) in [7, 11) is 0. The van der Waals surface area contributed by atoms with Crippen LogP contribution in [0, 0.1) is 5.41 Å². The molecule has 5 rings (SSSR count). The maximum Gasteiger partial charge on any atom is 0.0142 e. The molecule has 0 fully saturated rings. The fourth-order valence-electron chi connectivity index (χ4n) is 6.70. The van der Waals surface area contributed by atoms with E-state index in [9.17, 15) is 0 Å². The molecule has 0 spiro atoms. The Labute approximate surface area is 254 Å². The lowest BCUT2D eigenvalue weighted by Crippen LogP contribution is -2.25. The van der Waals surface area contributed by atoms with Crippen molar-refractivity contribution < 1.29 is 0 Å². The standard InChI is InChI=1S/C42H46/c1-4-5-6-12-28-42(29-13-14-30-42)41-27-24-36(23-22-35-17-8-7-9-18-35)19-15-21-37-25-26-39(32-40(37)41)34(3)31-38-20-11-10-16-33(38)2/h4-10,13-17,19,22,24-26,29-32,41H,1,11-12,18,20-21,23,27-28H2,2-3H3/b6-5-,19-15-,34-31+,35-22-,36-24+. The zero-order chi connectivity index (χ0) is 29.2. The topological polar surface area (TPSA) is 0 Å². The Morgan fingerprint density at radius 2 is 1.88 bits per heavy atom. The number of fused-ring (bicyclic) bond motifs is 1. The largest absolute Gasteiger partial charge is 0.0991 e. The number of rotatable bonds is 9. The van der Waals surface area contributed by atoms with Crippen molar-refractivity contribution in [2.75, 3.05) is 0 Å². The van der Waals surface area contributed by atoms with Gasteiger partial charge in [0.15, 0.2) is 0 Å². The monoisotopic (exact) mass is 550 g/mol. The Morgan fingerprint density at radius 3 is 2.67 bits per heavy atom. The van der Waals surface area contributed by atoms with Crippen molar-refractivity contribution in [1.82, 2.24) is 0 Å². The van der Waals surface area contributed by atoms with Gasteiger partial charge in [-0.25, -0.2) is 0 Å². The van der Waals surface area contributed by atoms with Crippen molar-refractivity contribution in [3.8, 4) is 0 Å². The molecule has 0 bridgehead atoms. The van der Waals surface area contributed by atoms with E-state index in [2.05, 4.69) is 142 Å². The molecule has 0 saturated heterocycles. The van der Waals surface area contributed by atoms with Crippen LogP contribution in [0.4, 0.5) is 0 Å². The third-order valence-electron chi connectivity index (χ3n) is 9.21. The zero-order valence-corrected chi connectivity index (χ0v) is 25.6. The molecule has 0 heterocycles. The Hall–Kier alpha value is -3.90. The fraction of sp³-hybridized carbons (Fsp3) is 0.286. The molecule has 0 radical (unpaired) electrons. The maximum absolute atomic E-state index is 3.88. The lowest BCUT2D eigenvalue weighted by atomic mass is 9.67. The minimum Gasteiger partial charge on any atom is -0.0991 e. The van der Waals surface area contributed by atoms with Gasteiger partial charge in [-0.05, 0) is 110 Å². The second-order valence-electron chi connectivity index (χ2n) is 12.1. The fourth-order valence-corrected chi connectivity index (χ4v) is 6.70. The molecular formula is C42H46. The van der Waals surface area contributed by atoms with E-state index in [0.717, 1.165) is 51.4 Å². The van der Waals surface area contributed by atoms with Crippen LogP contribution in [0.2, 0.25) is 0 Å². The second kappa shape index (κ2) is 14.3. The van der Waals surface area contributed by atoms with Crippen LogP contribution in [0.5, 0.6) is 0 Å². The van der Waals surface area contributed by atoms with Crippen LogP contribution in [-0.2, 0) is 6.42 Å². The van der Waals surface area contributed by atoms with Gasteiger partial charge in [-0.2, -0.15) is 0 Å². The first kappa shape index (κ1) is 29.6. The first-order valence-corrected chi connectivity index (χ1v) is 15.8. The predicted molar refractivity (Wildman–Crippen MR) is 184 cm³/mol. The molecule has 1 unspecified atom stereocenters. The molecular weight excluding hydrogens is 504 g/mol. The van der Waals surface area contributed by atoms with Crippen LogP contribution < -0.4 is 0 Å². The third kappa shape index (κ3) is 7.29. The molecule has 1 aromatic rings. The summed E-state index contributed by atoms with van der Waals surface area (Å²) in [4.78, 5) is 0. The van der Waals surface area contributed by atoms with E-state index < -0.39 is 0 Å². The van der Waals surface area contributed by atoms with Crippen LogP contribution in [0.1, 0.15) is 81.4 Å². The molecule has 0 nitrogen and oxygen atoms in total. The molecule has 4 aliphatic rings. The smallest absolute Gasteiger partial charge is 0.0142 e. The summed E-state index contributed by atoms with van der Waals surface area (Å²) in [6.45, 7) is 8.41. The van der Waals surface area contributed by atoms with E-state index in [1.165, 1.54) is 44.6 Å². The molecule has 214 valence electrons. The quantitative estimate of drug-likeness (QED) is 0.268. The Balaban J connectivity index is 1.54. The summed E-state index contributed by atoms with van der Waals surface area (Å²) in [5, 5.41) is 0. The second-order valence-corrected chi connectivity index (χ2v) is 12.1. The van der Waals surface area contributed by atoms with Gasteiger partial charge in [0.2, 0.25) is 0 Å². The highest BCUT2D eigenvalue weighted by Crippen LogP contribution is 2.49. The molecule has 4 aliphatic carbocycles. The van der Waals surface area contributed by atoms with E-state index >= 15 is 0 Å². The summed E-state index contributed by atoms with van der Waals surface area (Å²) >= 11 is 0. The summed E-state index contributed by atoms with van der Waals surface area (Å²) in [6, 6.07) is 7.28. The van der Waals surface area contributed by atoms with Gasteiger partial charge in [0, 0.05) is 11.3 Å². The van der Waals surface area contributed by atoms with Crippen LogP contribution in [0.15, 0.2) is 156 Å². The molecule has 0 aromatic heterocycles. The zero-order valence-electron chi connectivity index (χ0n) is 25.6. The van der Waals surface area contributed by atoms with Gasteiger partial charge in [-0.15, -0.1) is 0 Å². The van der Waals surface area contributed by atoms with Crippen molar-refractivity contribution in [3.63, 3.8) is 0 Å². The third-order valence-corrected chi connectivity index (χ3v) is 9.21. The number of allylic oxidation sites excluding steroid dienone is 23. The van der Waals surface area contributed by atoms with Gasteiger partial charge >= 0.3 is 0 Å². The average Bonchev–Trinajstić information content (AvgIpc) is 3.51. The Morgan fingerprint density at radius 1 is 1.00 bits per heavy atom. The lowest BCUT2D eigenvalue weighted by molar-refractivity contribution is 0.364. The minimum atomic E-state index is -0.00883. The SMILES string of the molecule is C=C/C=C\CCC1(C2C/C=C(C/C=C3/C=CC=CC3)\C=C/Cc3ccc(/C(C)=C/C4=C(C)C=CCC4)cc32)C=CC=C1. The van der Waals surface area contributed by atoms with Crippen LogP contribution in [0.3, 0.4) is 0 Å². The number of hydrogen-bond acceptors (Lipinski definition) is 0. The summed E-state index contributed by atoms with van der Waals surface area (Å²) in [5.74, 6) is 0.367. The van der Waals surface area contributed by atoms with Gasteiger partial charge in [-0.1, -0.05) is 134 Å². The van der Waals surface area contributed by atoms with E-state index in [4.69, 9.17) is 0 Å². The van der Waals surface area contributed by atoms with Gasteiger partial charge in [0.25, 0.3) is 0 Å². The minimum absolute atomic E-state index is 0.00883. The van der Waals surface area contributed by atoms with E-state index in [0.29, 0.717) is 5.92 Å². The van der Waals surface area contributed by atoms with Gasteiger partial charge in [0.1, 0.15) is 0 Å². The molecule has 0 amide bonds. The van der Waals surface area contributed by atoms with Crippen molar-refractivity contribution in [1.29, 1.82) is 0 Å². The van der Waals surface area contributed by atoms with Crippen LogP contribution in [-0.4, -0.2) is 0 Å². The maximum atomic E-state index is 3.88.